The molecule has 0 spiro atoms. The minimum absolute atomic E-state index is 0.119. The Bertz CT molecular complexity index is 487. The van der Waals surface area contributed by atoms with Gasteiger partial charge < -0.3 is 5.73 Å². The zero-order chi connectivity index (χ0) is 11.7. The van der Waals surface area contributed by atoms with Crippen molar-refractivity contribution in [1.82, 2.24) is 0 Å². The Labute approximate surface area is 105 Å². The molecule has 3 heteroatoms. The Morgan fingerprint density at radius 3 is 2.31 bits per heavy atom. The number of thiophene rings is 1. The molecule has 84 valence electrons. The van der Waals surface area contributed by atoms with Crippen LogP contribution in [-0.4, -0.2) is 0 Å². The second-order valence-electron chi connectivity index (χ2n) is 3.99. The quantitative estimate of drug-likeness (QED) is 0.856. The van der Waals surface area contributed by atoms with Gasteiger partial charge in [-0.1, -0.05) is 41.4 Å². The minimum Gasteiger partial charge on any atom is -0.320 e. The van der Waals surface area contributed by atoms with E-state index in [1.54, 1.807) is 11.3 Å². The third kappa shape index (κ3) is 2.14. The highest BCUT2D eigenvalue weighted by Crippen LogP contribution is 2.34. The predicted octanol–water partition coefficient (Wildman–Crippen LogP) is 4.07. The van der Waals surface area contributed by atoms with Crippen molar-refractivity contribution in [3.63, 3.8) is 0 Å². The first-order valence-corrected chi connectivity index (χ1v) is 6.41. The van der Waals surface area contributed by atoms with E-state index in [0.717, 1.165) is 21.0 Å². The van der Waals surface area contributed by atoms with Crippen LogP contribution in [0.3, 0.4) is 0 Å². The Morgan fingerprint density at radius 2 is 1.81 bits per heavy atom. The average Bonchev–Trinajstić information content (AvgIpc) is 2.60. The fraction of sp³-hybridized carbons (Fsp3) is 0.231. The van der Waals surface area contributed by atoms with Crippen LogP contribution in [0, 0.1) is 13.8 Å². The van der Waals surface area contributed by atoms with Crippen LogP contribution in [0.15, 0.2) is 29.6 Å². The van der Waals surface area contributed by atoms with E-state index in [2.05, 4.69) is 31.2 Å². The molecule has 2 N–H and O–H groups in total. The van der Waals surface area contributed by atoms with Crippen molar-refractivity contribution in [2.24, 2.45) is 5.73 Å². The zero-order valence-electron chi connectivity index (χ0n) is 9.33. The van der Waals surface area contributed by atoms with E-state index < -0.39 is 0 Å². The number of nitrogens with two attached hydrogens (primary N) is 1. The molecule has 0 aliphatic rings. The maximum Gasteiger partial charge on any atom is 0.0661 e. The molecule has 0 amide bonds. The van der Waals surface area contributed by atoms with Crippen molar-refractivity contribution in [2.75, 3.05) is 0 Å². The number of hydrogen-bond acceptors (Lipinski definition) is 2. The summed E-state index contributed by atoms with van der Waals surface area (Å²) in [6.45, 7) is 4.07. The highest BCUT2D eigenvalue weighted by Gasteiger charge is 2.15. The molecule has 0 aliphatic carbocycles. The lowest BCUT2D eigenvalue weighted by Gasteiger charge is -2.11. The first-order valence-electron chi connectivity index (χ1n) is 5.15. The maximum atomic E-state index is 6.22. The topological polar surface area (TPSA) is 26.0 Å². The van der Waals surface area contributed by atoms with Crippen LogP contribution in [0.1, 0.15) is 27.6 Å². The first kappa shape index (κ1) is 11.6. The monoisotopic (exact) mass is 251 g/mol. The summed E-state index contributed by atoms with van der Waals surface area (Å²) >= 11 is 7.84. The molecule has 0 saturated heterocycles. The number of halogens is 1. The molecule has 1 aromatic carbocycles. The second kappa shape index (κ2) is 4.58. The molecular weight excluding hydrogens is 238 g/mol. The molecular formula is C13H14ClNS. The van der Waals surface area contributed by atoms with Gasteiger partial charge in [-0.05, 0) is 30.4 Å². The van der Waals surface area contributed by atoms with Crippen LogP contribution in [0.2, 0.25) is 5.02 Å². The Balaban J connectivity index is 2.35. The number of benzene rings is 1. The smallest absolute Gasteiger partial charge is 0.0661 e. The highest BCUT2D eigenvalue weighted by atomic mass is 35.5. The molecule has 0 aliphatic heterocycles. The Hall–Kier alpha value is -0.830. The van der Waals surface area contributed by atoms with Gasteiger partial charge in [-0.15, -0.1) is 11.3 Å². The molecule has 0 fully saturated rings. The molecule has 2 aromatic rings. The Morgan fingerprint density at radius 1 is 1.19 bits per heavy atom. The van der Waals surface area contributed by atoms with Gasteiger partial charge in [0.2, 0.25) is 0 Å². The van der Waals surface area contributed by atoms with Gasteiger partial charge in [0.15, 0.2) is 0 Å². The summed E-state index contributed by atoms with van der Waals surface area (Å²) in [5, 5.41) is 2.85. The number of aryl methyl sites for hydroxylation is 2. The molecule has 16 heavy (non-hydrogen) atoms. The van der Waals surface area contributed by atoms with E-state index >= 15 is 0 Å². The van der Waals surface area contributed by atoms with Crippen LogP contribution in [-0.2, 0) is 0 Å². The van der Waals surface area contributed by atoms with Crippen molar-refractivity contribution < 1.29 is 0 Å². The lowest BCUT2D eigenvalue weighted by atomic mass is 10.0. The third-order valence-electron chi connectivity index (χ3n) is 2.64. The fourth-order valence-electron chi connectivity index (χ4n) is 1.58. The van der Waals surface area contributed by atoms with Gasteiger partial charge in [0, 0.05) is 4.88 Å². The van der Waals surface area contributed by atoms with Crippen molar-refractivity contribution in [1.29, 1.82) is 0 Å². The van der Waals surface area contributed by atoms with E-state index in [0.29, 0.717) is 0 Å². The van der Waals surface area contributed by atoms with Crippen molar-refractivity contribution in [3.05, 3.63) is 56.2 Å². The van der Waals surface area contributed by atoms with Gasteiger partial charge in [-0.3, -0.25) is 0 Å². The average molecular weight is 252 g/mol. The van der Waals surface area contributed by atoms with E-state index in [4.69, 9.17) is 17.3 Å². The second-order valence-corrected chi connectivity index (χ2v) is 5.27. The SMILES string of the molecule is Cc1ccc(C(N)c2scc(C)c2Cl)cc1. The Kier molecular flexibility index (Phi) is 3.33. The van der Waals surface area contributed by atoms with Crippen LogP contribution >= 0.6 is 22.9 Å². The molecule has 1 heterocycles. The highest BCUT2D eigenvalue weighted by molar-refractivity contribution is 7.10. The molecule has 1 aromatic heterocycles. The predicted molar refractivity (Wildman–Crippen MR) is 71.3 cm³/mol. The number of rotatable bonds is 2. The van der Waals surface area contributed by atoms with Gasteiger partial charge in [0.05, 0.1) is 11.1 Å². The van der Waals surface area contributed by atoms with Crippen LogP contribution < -0.4 is 5.73 Å². The summed E-state index contributed by atoms with van der Waals surface area (Å²) in [5.74, 6) is 0. The van der Waals surface area contributed by atoms with E-state index in [1.807, 2.05) is 12.3 Å². The summed E-state index contributed by atoms with van der Waals surface area (Å²) < 4.78 is 0. The summed E-state index contributed by atoms with van der Waals surface area (Å²) in [6, 6.07) is 8.15. The molecule has 1 nitrogen and oxygen atoms in total. The summed E-state index contributed by atoms with van der Waals surface area (Å²) in [6.07, 6.45) is 0. The zero-order valence-corrected chi connectivity index (χ0v) is 10.9. The third-order valence-corrected chi connectivity index (χ3v) is 4.44. The minimum atomic E-state index is -0.119. The van der Waals surface area contributed by atoms with Crippen LogP contribution in [0.5, 0.6) is 0 Å². The molecule has 0 radical (unpaired) electrons. The van der Waals surface area contributed by atoms with Crippen molar-refractivity contribution in [3.8, 4) is 0 Å². The normalized spacial score (nSPS) is 12.8. The summed E-state index contributed by atoms with van der Waals surface area (Å²) in [7, 11) is 0. The van der Waals surface area contributed by atoms with Gasteiger partial charge in [-0.25, -0.2) is 0 Å². The van der Waals surface area contributed by atoms with Gasteiger partial charge in [0.25, 0.3) is 0 Å². The van der Waals surface area contributed by atoms with Crippen LogP contribution in [0.4, 0.5) is 0 Å². The van der Waals surface area contributed by atoms with Gasteiger partial charge in [0.1, 0.15) is 0 Å². The van der Waals surface area contributed by atoms with Crippen molar-refractivity contribution in [2.45, 2.75) is 19.9 Å². The van der Waals surface area contributed by atoms with Crippen molar-refractivity contribution >= 4 is 22.9 Å². The maximum absolute atomic E-state index is 6.22. The lowest BCUT2D eigenvalue weighted by molar-refractivity contribution is 0.892. The number of hydrogen-bond donors (Lipinski definition) is 1. The molecule has 2 rings (SSSR count). The lowest BCUT2D eigenvalue weighted by Crippen LogP contribution is -2.10. The molecule has 0 bridgehead atoms. The van der Waals surface area contributed by atoms with Gasteiger partial charge >= 0.3 is 0 Å². The fourth-order valence-corrected chi connectivity index (χ4v) is 2.92. The van der Waals surface area contributed by atoms with E-state index in [-0.39, 0.29) is 6.04 Å². The molecule has 0 saturated carbocycles. The van der Waals surface area contributed by atoms with E-state index in [1.165, 1.54) is 5.56 Å². The largest absolute Gasteiger partial charge is 0.320 e. The standard InChI is InChI=1S/C13H14ClNS/c1-8-3-5-10(6-4-8)12(15)13-11(14)9(2)7-16-13/h3-7,12H,15H2,1-2H3. The van der Waals surface area contributed by atoms with Crippen LogP contribution in [0.25, 0.3) is 0 Å². The molecule has 1 unspecified atom stereocenters. The summed E-state index contributed by atoms with van der Waals surface area (Å²) in [4.78, 5) is 1.04. The first-order chi connectivity index (χ1) is 7.59. The molecule has 1 atom stereocenters. The van der Waals surface area contributed by atoms with E-state index in [9.17, 15) is 0 Å². The summed E-state index contributed by atoms with van der Waals surface area (Å²) in [5.41, 5.74) is 9.65. The van der Waals surface area contributed by atoms with Gasteiger partial charge in [-0.2, -0.15) is 0 Å².